The number of esters is 1. The summed E-state index contributed by atoms with van der Waals surface area (Å²) in [4.78, 5) is 14.8. The highest BCUT2D eigenvalue weighted by molar-refractivity contribution is 5.82. The summed E-state index contributed by atoms with van der Waals surface area (Å²) in [6, 6.07) is 2.12. The lowest BCUT2D eigenvalue weighted by molar-refractivity contribution is -0.152. The Bertz CT molecular complexity index is 352. The Balaban J connectivity index is 1.68. The fourth-order valence-corrected chi connectivity index (χ4v) is 4.55. The third kappa shape index (κ3) is 0.963. The van der Waals surface area contributed by atoms with E-state index < -0.39 is 0 Å². The Hall–Kier alpha value is -0.570. The van der Waals surface area contributed by atoms with Crippen molar-refractivity contribution in [2.45, 2.75) is 56.7 Å². The molecule has 4 unspecified atom stereocenters. The van der Waals surface area contributed by atoms with Crippen LogP contribution in [-0.2, 0) is 9.53 Å². The third-order valence-electron chi connectivity index (χ3n) is 5.39. The maximum absolute atomic E-state index is 12.1. The average molecular weight is 221 g/mol. The van der Waals surface area contributed by atoms with E-state index in [1.54, 1.807) is 7.11 Å². The van der Waals surface area contributed by atoms with Gasteiger partial charge in [0.1, 0.15) is 0 Å². The number of hydrogen-bond donors (Lipinski definition) is 0. The molecular formula is C13H19NO2. The van der Waals surface area contributed by atoms with E-state index >= 15 is 0 Å². The molecule has 3 nitrogen and oxygen atoms in total. The highest BCUT2D eigenvalue weighted by Gasteiger charge is 2.72. The highest BCUT2D eigenvalue weighted by Crippen LogP contribution is 2.67. The number of ether oxygens (including phenoxy) is 1. The fourth-order valence-electron chi connectivity index (χ4n) is 4.55. The topological polar surface area (TPSA) is 29.5 Å². The maximum atomic E-state index is 12.1. The molecule has 88 valence electrons. The van der Waals surface area contributed by atoms with E-state index in [4.69, 9.17) is 4.74 Å². The number of methoxy groups -OCH3 is 1. The molecule has 0 aromatic carbocycles. The van der Waals surface area contributed by atoms with Crippen LogP contribution in [0.25, 0.3) is 0 Å². The number of carbonyl (C=O) groups excluding carboxylic acids is 1. The van der Waals surface area contributed by atoms with Crippen molar-refractivity contribution in [1.82, 2.24) is 4.90 Å². The van der Waals surface area contributed by atoms with Crippen molar-refractivity contribution in [3.63, 3.8) is 0 Å². The van der Waals surface area contributed by atoms with Crippen LogP contribution in [0.5, 0.6) is 0 Å². The van der Waals surface area contributed by atoms with Crippen LogP contribution in [0.2, 0.25) is 0 Å². The van der Waals surface area contributed by atoms with Crippen LogP contribution in [0.1, 0.15) is 38.5 Å². The molecule has 0 amide bonds. The molecule has 2 bridgehead atoms. The first-order chi connectivity index (χ1) is 7.77. The molecular weight excluding hydrogens is 202 g/mol. The molecule has 4 rings (SSSR count). The molecule has 2 saturated heterocycles. The van der Waals surface area contributed by atoms with Crippen molar-refractivity contribution in [1.29, 1.82) is 0 Å². The van der Waals surface area contributed by atoms with Gasteiger partial charge in [0.2, 0.25) is 0 Å². The van der Waals surface area contributed by atoms with Crippen molar-refractivity contribution < 1.29 is 9.53 Å². The number of fused-ring (bicyclic) bond motifs is 4. The van der Waals surface area contributed by atoms with Gasteiger partial charge < -0.3 is 4.74 Å². The summed E-state index contributed by atoms with van der Waals surface area (Å²) in [5.74, 6) is 0.723. The molecule has 0 aromatic heterocycles. The zero-order valence-corrected chi connectivity index (χ0v) is 9.82. The van der Waals surface area contributed by atoms with Gasteiger partial charge >= 0.3 is 5.97 Å². The number of hydrogen-bond acceptors (Lipinski definition) is 3. The van der Waals surface area contributed by atoms with Gasteiger partial charge in [0, 0.05) is 18.1 Å². The van der Waals surface area contributed by atoms with E-state index in [1.165, 1.54) is 32.1 Å². The number of rotatable bonds is 2. The summed E-state index contributed by atoms with van der Waals surface area (Å²) >= 11 is 0. The number of carbonyl (C=O) groups is 1. The van der Waals surface area contributed by atoms with Crippen LogP contribution in [0.4, 0.5) is 0 Å². The molecule has 4 aliphatic rings. The molecule has 3 heteroatoms. The van der Waals surface area contributed by atoms with Crippen molar-refractivity contribution >= 4 is 5.97 Å². The minimum absolute atomic E-state index is 0.0773. The Labute approximate surface area is 96.1 Å². The van der Waals surface area contributed by atoms with Gasteiger partial charge in [-0.3, -0.25) is 9.69 Å². The lowest BCUT2D eigenvalue weighted by Gasteiger charge is -2.39. The molecule has 0 radical (unpaired) electrons. The molecule has 0 N–H and O–H groups in total. The van der Waals surface area contributed by atoms with Crippen molar-refractivity contribution in [2.24, 2.45) is 11.3 Å². The van der Waals surface area contributed by atoms with Gasteiger partial charge in [0.05, 0.1) is 12.5 Å². The van der Waals surface area contributed by atoms with Crippen molar-refractivity contribution in [2.75, 3.05) is 7.11 Å². The van der Waals surface area contributed by atoms with Crippen LogP contribution in [0.3, 0.4) is 0 Å². The van der Waals surface area contributed by atoms with Gasteiger partial charge in [-0.05, 0) is 44.4 Å². The zero-order valence-electron chi connectivity index (χ0n) is 9.82. The van der Waals surface area contributed by atoms with Crippen LogP contribution in [0, 0.1) is 11.3 Å². The van der Waals surface area contributed by atoms with E-state index in [-0.39, 0.29) is 11.4 Å². The van der Waals surface area contributed by atoms with E-state index in [2.05, 4.69) is 4.90 Å². The Morgan fingerprint density at radius 2 is 2.00 bits per heavy atom. The first-order valence-electron chi connectivity index (χ1n) is 6.63. The highest BCUT2D eigenvalue weighted by atomic mass is 16.5. The zero-order chi connectivity index (χ0) is 10.9. The van der Waals surface area contributed by atoms with E-state index in [1.807, 2.05) is 0 Å². The van der Waals surface area contributed by atoms with Gasteiger partial charge in [-0.1, -0.05) is 0 Å². The summed E-state index contributed by atoms with van der Waals surface area (Å²) in [6.45, 7) is 0. The van der Waals surface area contributed by atoms with Crippen LogP contribution >= 0.6 is 0 Å². The van der Waals surface area contributed by atoms with Gasteiger partial charge in [-0.15, -0.1) is 0 Å². The lowest BCUT2D eigenvalue weighted by atomic mass is 9.88. The molecule has 2 aliphatic heterocycles. The Kier molecular flexibility index (Phi) is 1.66. The Morgan fingerprint density at radius 1 is 1.25 bits per heavy atom. The maximum Gasteiger partial charge on any atom is 0.313 e. The smallest absolute Gasteiger partial charge is 0.313 e. The molecule has 0 aromatic rings. The minimum atomic E-state index is -0.0790. The van der Waals surface area contributed by atoms with Crippen LogP contribution < -0.4 is 0 Å². The second kappa shape index (κ2) is 2.81. The predicted molar refractivity (Wildman–Crippen MR) is 58.8 cm³/mol. The van der Waals surface area contributed by atoms with Gasteiger partial charge in [-0.2, -0.15) is 0 Å². The second-order valence-corrected chi connectivity index (χ2v) is 6.09. The van der Waals surface area contributed by atoms with Gasteiger partial charge in [0.25, 0.3) is 0 Å². The quantitative estimate of drug-likeness (QED) is 0.663. The molecule has 4 fully saturated rings. The molecule has 2 aliphatic carbocycles. The van der Waals surface area contributed by atoms with Crippen LogP contribution in [0.15, 0.2) is 0 Å². The largest absolute Gasteiger partial charge is 0.469 e. The molecule has 0 spiro atoms. The van der Waals surface area contributed by atoms with Crippen molar-refractivity contribution in [3.8, 4) is 0 Å². The van der Waals surface area contributed by atoms with Gasteiger partial charge in [0.15, 0.2) is 0 Å². The van der Waals surface area contributed by atoms with Crippen LogP contribution in [-0.4, -0.2) is 36.1 Å². The third-order valence-corrected chi connectivity index (χ3v) is 5.39. The molecule has 2 saturated carbocycles. The van der Waals surface area contributed by atoms with E-state index in [0.29, 0.717) is 12.0 Å². The number of piperidine rings is 1. The molecule has 16 heavy (non-hydrogen) atoms. The normalized spacial score (nSPS) is 49.9. The second-order valence-electron chi connectivity index (χ2n) is 6.09. The van der Waals surface area contributed by atoms with E-state index in [0.717, 1.165) is 18.5 Å². The first kappa shape index (κ1) is 9.46. The van der Waals surface area contributed by atoms with Gasteiger partial charge in [-0.25, -0.2) is 0 Å². The minimum Gasteiger partial charge on any atom is -0.469 e. The Morgan fingerprint density at radius 3 is 2.69 bits per heavy atom. The summed E-state index contributed by atoms with van der Waals surface area (Å²) in [5, 5.41) is 0. The standard InChI is InChI=1S/C13H19NO2/c1-16-12(15)13-7-8(13)6-10-4-5-11(13)14(10)9-2-3-9/h8-11H,2-7H2,1H3. The average Bonchev–Trinajstić information content (AvgIpc) is 3.16. The van der Waals surface area contributed by atoms with E-state index in [9.17, 15) is 4.79 Å². The SMILES string of the molecule is COC(=O)C12CC1CC1CCC2N1C1CC1. The van der Waals surface area contributed by atoms with Crippen molar-refractivity contribution in [3.05, 3.63) is 0 Å². The number of nitrogens with zero attached hydrogens (tertiary/aromatic N) is 1. The summed E-state index contributed by atoms with van der Waals surface area (Å²) in [6.07, 6.45) is 7.61. The summed E-state index contributed by atoms with van der Waals surface area (Å²) < 4.78 is 5.07. The monoisotopic (exact) mass is 221 g/mol. The first-order valence-corrected chi connectivity index (χ1v) is 6.63. The predicted octanol–water partition coefficient (Wildman–Crippen LogP) is 1.56. The fraction of sp³-hybridized carbons (Fsp3) is 0.923. The molecule has 2 heterocycles. The lowest BCUT2D eigenvalue weighted by Crippen LogP contribution is -2.50. The molecule has 4 atom stereocenters. The summed E-state index contributed by atoms with van der Waals surface area (Å²) in [5.41, 5.74) is -0.0790. The summed E-state index contributed by atoms with van der Waals surface area (Å²) in [7, 11) is 1.55.